The number of aliphatic hydroxyl groups excluding tert-OH is 2. The normalized spacial score (nSPS) is 27.2. The summed E-state index contributed by atoms with van der Waals surface area (Å²) in [6.45, 7) is 3.27. The summed E-state index contributed by atoms with van der Waals surface area (Å²) >= 11 is 1.78. The van der Waals surface area contributed by atoms with Gasteiger partial charge in [0.25, 0.3) is 0 Å². The lowest BCUT2D eigenvalue weighted by Gasteiger charge is -2.31. The smallest absolute Gasteiger partial charge is 0.220 e. The van der Waals surface area contributed by atoms with E-state index in [0.29, 0.717) is 25.9 Å². The Kier molecular flexibility index (Phi) is 8.45. The first-order valence-electron chi connectivity index (χ1n) is 7.07. The Morgan fingerprint density at radius 2 is 2.21 bits per heavy atom. The number of thioether (sulfide) groups is 1. The third-order valence-electron chi connectivity index (χ3n) is 3.21. The summed E-state index contributed by atoms with van der Waals surface area (Å²) in [7, 11) is 0. The van der Waals surface area contributed by atoms with Crippen LogP contribution in [0.4, 0.5) is 0 Å². The third-order valence-corrected chi connectivity index (χ3v) is 4.23. The summed E-state index contributed by atoms with van der Waals surface area (Å²) in [6.07, 6.45) is 1.97. The molecule has 1 saturated heterocycles. The number of aliphatic hydroxyl groups is 2. The van der Waals surface area contributed by atoms with Crippen LogP contribution in [0.1, 0.15) is 32.6 Å². The van der Waals surface area contributed by atoms with E-state index in [1.165, 1.54) is 0 Å². The second-order valence-electron chi connectivity index (χ2n) is 4.97. The van der Waals surface area contributed by atoms with Gasteiger partial charge in [-0.3, -0.25) is 4.79 Å². The van der Waals surface area contributed by atoms with Crippen LogP contribution in [0, 0.1) is 0 Å². The summed E-state index contributed by atoms with van der Waals surface area (Å²) in [5.74, 6) is 1.98. The van der Waals surface area contributed by atoms with Crippen molar-refractivity contribution in [2.24, 2.45) is 0 Å². The van der Waals surface area contributed by atoms with Crippen LogP contribution in [0.2, 0.25) is 0 Å². The van der Waals surface area contributed by atoms with Gasteiger partial charge < -0.3 is 20.8 Å². The lowest BCUT2D eigenvalue weighted by atomic mass is 9.98. The van der Waals surface area contributed by atoms with Gasteiger partial charge in [-0.25, -0.2) is 0 Å². The van der Waals surface area contributed by atoms with Crippen molar-refractivity contribution in [2.75, 3.05) is 24.6 Å². The van der Waals surface area contributed by atoms with Crippen LogP contribution in [0.25, 0.3) is 0 Å². The molecule has 1 rings (SSSR count). The molecule has 4 N–H and O–H groups in total. The summed E-state index contributed by atoms with van der Waals surface area (Å²) in [4.78, 5) is 11.2. The molecule has 6 heteroatoms. The van der Waals surface area contributed by atoms with Crippen LogP contribution in [0.3, 0.4) is 0 Å². The van der Waals surface area contributed by atoms with Gasteiger partial charge in [0, 0.05) is 37.7 Å². The van der Waals surface area contributed by atoms with E-state index in [4.69, 9.17) is 0 Å². The number of carbonyl (C=O) groups is 1. The second kappa shape index (κ2) is 9.58. The molecule has 1 aliphatic heterocycles. The van der Waals surface area contributed by atoms with Crippen molar-refractivity contribution >= 4 is 17.7 Å². The third kappa shape index (κ3) is 7.15. The molecule has 1 aliphatic rings. The van der Waals surface area contributed by atoms with Gasteiger partial charge in [-0.2, -0.15) is 11.8 Å². The predicted molar refractivity (Wildman–Crippen MR) is 78.3 cm³/mol. The first-order valence-corrected chi connectivity index (χ1v) is 8.23. The molecule has 5 nitrogen and oxygen atoms in total. The number of nitrogens with one attached hydrogen (secondary N) is 2. The molecular formula is C13H26N2O3S. The fourth-order valence-electron chi connectivity index (χ4n) is 2.13. The highest BCUT2D eigenvalue weighted by molar-refractivity contribution is 7.99. The molecule has 1 amide bonds. The van der Waals surface area contributed by atoms with E-state index in [1.54, 1.807) is 11.8 Å². The minimum Gasteiger partial charge on any atom is -0.392 e. The SMILES string of the molecule is CCCC(=O)NCCSCCC1NCC(O)CC1O. The first-order chi connectivity index (χ1) is 9.13. The number of amides is 1. The number of hydrogen-bond donors (Lipinski definition) is 4. The van der Waals surface area contributed by atoms with Crippen molar-refractivity contribution in [2.45, 2.75) is 50.9 Å². The average molecular weight is 290 g/mol. The van der Waals surface area contributed by atoms with Crippen LogP contribution in [-0.2, 0) is 4.79 Å². The topological polar surface area (TPSA) is 81.6 Å². The molecule has 1 heterocycles. The van der Waals surface area contributed by atoms with Crippen molar-refractivity contribution in [1.29, 1.82) is 0 Å². The maximum atomic E-state index is 11.2. The molecule has 19 heavy (non-hydrogen) atoms. The zero-order valence-corrected chi connectivity index (χ0v) is 12.4. The molecule has 0 spiro atoms. The standard InChI is InChI=1S/C13H26N2O3S/c1-2-3-13(18)14-5-7-19-6-4-11-12(17)8-10(16)9-15-11/h10-12,15-17H,2-9H2,1H3,(H,14,18). The number of rotatable bonds is 8. The fraction of sp³-hybridized carbons (Fsp3) is 0.923. The maximum absolute atomic E-state index is 11.2. The van der Waals surface area contributed by atoms with Crippen molar-refractivity contribution in [3.05, 3.63) is 0 Å². The van der Waals surface area contributed by atoms with Gasteiger partial charge in [0.2, 0.25) is 5.91 Å². The molecule has 0 aromatic carbocycles. The first kappa shape index (κ1) is 16.8. The van der Waals surface area contributed by atoms with Gasteiger partial charge in [0.05, 0.1) is 12.2 Å². The predicted octanol–water partition coefficient (Wildman–Crippen LogP) is 0.110. The van der Waals surface area contributed by atoms with E-state index in [1.807, 2.05) is 6.92 Å². The quantitative estimate of drug-likeness (QED) is 0.477. The largest absolute Gasteiger partial charge is 0.392 e. The zero-order chi connectivity index (χ0) is 14.1. The zero-order valence-electron chi connectivity index (χ0n) is 11.6. The Hall–Kier alpha value is -0.300. The lowest BCUT2D eigenvalue weighted by Crippen LogP contribution is -2.50. The van der Waals surface area contributed by atoms with Crippen LogP contribution in [0.15, 0.2) is 0 Å². The van der Waals surface area contributed by atoms with Crippen molar-refractivity contribution in [1.82, 2.24) is 10.6 Å². The highest BCUT2D eigenvalue weighted by atomic mass is 32.2. The average Bonchev–Trinajstić information content (AvgIpc) is 2.36. The number of β-amino-alcohol motifs (C(OH)–C–C–N with tert-alkyl or cyclic N) is 1. The van der Waals surface area contributed by atoms with Crippen LogP contribution in [0.5, 0.6) is 0 Å². The summed E-state index contributed by atoms with van der Waals surface area (Å²) in [5.41, 5.74) is 0. The number of carbonyl (C=O) groups excluding carboxylic acids is 1. The minimum atomic E-state index is -0.450. The Morgan fingerprint density at radius 3 is 2.89 bits per heavy atom. The van der Waals surface area contributed by atoms with Crippen LogP contribution in [-0.4, -0.2) is 59.0 Å². The molecule has 0 aliphatic carbocycles. The van der Waals surface area contributed by atoms with Gasteiger partial charge in [-0.1, -0.05) is 6.92 Å². The molecule has 3 atom stereocenters. The van der Waals surface area contributed by atoms with E-state index >= 15 is 0 Å². The lowest BCUT2D eigenvalue weighted by molar-refractivity contribution is -0.120. The van der Waals surface area contributed by atoms with Gasteiger partial charge in [-0.05, 0) is 18.6 Å². The Balaban J connectivity index is 1.97. The molecule has 0 aromatic heterocycles. The Labute approximate surface area is 119 Å². The monoisotopic (exact) mass is 290 g/mol. The molecule has 0 saturated carbocycles. The second-order valence-corrected chi connectivity index (χ2v) is 6.20. The van der Waals surface area contributed by atoms with Gasteiger partial charge in [-0.15, -0.1) is 0 Å². The maximum Gasteiger partial charge on any atom is 0.220 e. The van der Waals surface area contributed by atoms with Crippen molar-refractivity contribution in [3.63, 3.8) is 0 Å². The number of hydrogen-bond acceptors (Lipinski definition) is 5. The molecule has 1 fully saturated rings. The molecule has 112 valence electrons. The number of piperidine rings is 1. The highest BCUT2D eigenvalue weighted by Crippen LogP contribution is 2.14. The van der Waals surface area contributed by atoms with E-state index in [2.05, 4.69) is 10.6 Å². The van der Waals surface area contributed by atoms with E-state index in [0.717, 1.165) is 24.3 Å². The van der Waals surface area contributed by atoms with Crippen molar-refractivity contribution < 1.29 is 15.0 Å². The van der Waals surface area contributed by atoms with E-state index in [-0.39, 0.29) is 11.9 Å². The van der Waals surface area contributed by atoms with Crippen molar-refractivity contribution in [3.8, 4) is 0 Å². The molecular weight excluding hydrogens is 264 g/mol. The van der Waals surface area contributed by atoms with Crippen LogP contribution < -0.4 is 10.6 Å². The molecule has 0 bridgehead atoms. The van der Waals surface area contributed by atoms with Gasteiger partial charge in [0.15, 0.2) is 0 Å². The van der Waals surface area contributed by atoms with E-state index < -0.39 is 12.2 Å². The molecule has 0 aromatic rings. The fourth-order valence-corrected chi connectivity index (χ4v) is 3.01. The van der Waals surface area contributed by atoms with Crippen LogP contribution >= 0.6 is 11.8 Å². The van der Waals surface area contributed by atoms with E-state index in [9.17, 15) is 15.0 Å². The van der Waals surface area contributed by atoms with Gasteiger partial charge >= 0.3 is 0 Å². The molecule has 3 unspecified atom stereocenters. The molecule has 0 radical (unpaired) electrons. The minimum absolute atomic E-state index is 0.0885. The summed E-state index contributed by atoms with van der Waals surface area (Å²) in [6, 6.07) is 0.0885. The summed E-state index contributed by atoms with van der Waals surface area (Å²) in [5, 5.41) is 25.2. The summed E-state index contributed by atoms with van der Waals surface area (Å²) < 4.78 is 0. The van der Waals surface area contributed by atoms with Gasteiger partial charge in [0.1, 0.15) is 0 Å². The highest BCUT2D eigenvalue weighted by Gasteiger charge is 2.26. The Morgan fingerprint density at radius 1 is 1.42 bits per heavy atom. The Bertz CT molecular complexity index is 266.